The summed E-state index contributed by atoms with van der Waals surface area (Å²) >= 11 is 7.37. The lowest BCUT2D eigenvalue weighted by molar-refractivity contribution is 0.0697. The fourth-order valence-corrected chi connectivity index (χ4v) is 2.88. The van der Waals surface area contributed by atoms with E-state index in [9.17, 15) is 4.79 Å². The summed E-state index contributed by atoms with van der Waals surface area (Å²) in [6, 6.07) is 8.55. The van der Waals surface area contributed by atoms with Crippen LogP contribution in [0.25, 0.3) is 11.0 Å². The molecule has 0 spiro atoms. The average Bonchev–Trinajstić information content (AvgIpc) is 2.96. The van der Waals surface area contributed by atoms with Crippen molar-refractivity contribution in [1.29, 1.82) is 0 Å². The maximum Gasteiger partial charge on any atom is 0.335 e. The van der Waals surface area contributed by atoms with Crippen LogP contribution in [0.15, 0.2) is 30.3 Å². The first kappa shape index (κ1) is 12.1. The van der Waals surface area contributed by atoms with Gasteiger partial charge in [-0.05, 0) is 30.3 Å². The second-order valence-electron chi connectivity index (χ2n) is 3.96. The van der Waals surface area contributed by atoms with E-state index in [2.05, 4.69) is 10.3 Å². The van der Waals surface area contributed by atoms with Crippen molar-refractivity contribution in [3.63, 3.8) is 0 Å². The fourth-order valence-electron chi connectivity index (χ4n) is 1.81. The van der Waals surface area contributed by atoms with Crippen LogP contribution < -0.4 is 0 Å². The quantitative estimate of drug-likeness (QED) is 0.806. The number of fused-ring (bicyclic) bond motifs is 1. The number of aromatic carboxylic acids is 1. The molecule has 5 nitrogen and oxygen atoms in total. The van der Waals surface area contributed by atoms with Gasteiger partial charge < -0.3 is 5.11 Å². The number of thiophene rings is 1. The number of nitrogens with zero attached hydrogens (tertiary/aromatic N) is 3. The molecule has 7 heteroatoms. The first-order valence-corrected chi connectivity index (χ1v) is 6.64. The van der Waals surface area contributed by atoms with Crippen molar-refractivity contribution in [2.45, 2.75) is 6.54 Å². The van der Waals surface area contributed by atoms with Gasteiger partial charge in [0.2, 0.25) is 0 Å². The van der Waals surface area contributed by atoms with E-state index < -0.39 is 5.97 Å². The molecule has 0 radical (unpaired) electrons. The van der Waals surface area contributed by atoms with E-state index in [4.69, 9.17) is 16.7 Å². The lowest BCUT2D eigenvalue weighted by Gasteiger charge is -1.99. The standard InChI is InChI=1S/C12H8ClN3O2S/c13-11-4-2-8(19-11)6-16-10-3-1-7(12(17)18)5-9(10)14-15-16/h1-5H,6H2,(H,17,18). The molecule has 0 amide bonds. The summed E-state index contributed by atoms with van der Waals surface area (Å²) < 4.78 is 2.45. The van der Waals surface area contributed by atoms with E-state index in [0.29, 0.717) is 12.1 Å². The van der Waals surface area contributed by atoms with Crippen LogP contribution in [0.4, 0.5) is 0 Å². The molecule has 2 heterocycles. The van der Waals surface area contributed by atoms with Crippen LogP contribution in [-0.2, 0) is 6.54 Å². The zero-order valence-corrected chi connectivity index (χ0v) is 11.1. The smallest absolute Gasteiger partial charge is 0.335 e. The van der Waals surface area contributed by atoms with E-state index in [1.165, 1.54) is 17.4 Å². The molecule has 3 aromatic rings. The van der Waals surface area contributed by atoms with Gasteiger partial charge in [-0.2, -0.15) is 0 Å². The first-order chi connectivity index (χ1) is 9.13. The van der Waals surface area contributed by atoms with Crippen LogP contribution in [0.1, 0.15) is 15.2 Å². The minimum absolute atomic E-state index is 0.207. The Morgan fingerprint density at radius 3 is 2.89 bits per heavy atom. The molecule has 2 aromatic heterocycles. The Morgan fingerprint density at radius 1 is 1.37 bits per heavy atom. The van der Waals surface area contributed by atoms with E-state index in [-0.39, 0.29) is 5.56 Å². The van der Waals surface area contributed by atoms with Crippen LogP contribution in [0.5, 0.6) is 0 Å². The molecule has 96 valence electrons. The molecule has 0 aliphatic heterocycles. The zero-order chi connectivity index (χ0) is 13.4. The first-order valence-electron chi connectivity index (χ1n) is 5.44. The maximum absolute atomic E-state index is 10.9. The number of hydrogen-bond donors (Lipinski definition) is 1. The summed E-state index contributed by atoms with van der Waals surface area (Å²) in [6.45, 7) is 0.570. The minimum atomic E-state index is -0.971. The van der Waals surface area contributed by atoms with Gasteiger partial charge in [-0.15, -0.1) is 16.4 Å². The number of carboxylic acid groups (broad SMARTS) is 1. The highest BCUT2D eigenvalue weighted by atomic mass is 35.5. The molecule has 0 aliphatic rings. The van der Waals surface area contributed by atoms with Gasteiger partial charge in [0.1, 0.15) is 5.52 Å². The Bertz CT molecular complexity index is 765. The third-order valence-corrected chi connectivity index (χ3v) is 3.91. The highest BCUT2D eigenvalue weighted by Crippen LogP contribution is 2.23. The zero-order valence-electron chi connectivity index (χ0n) is 9.58. The lowest BCUT2D eigenvalue weighted by Crippen LogP contribution is -2.00. The molecular formula is C12H8ClN3O2S. The molecule has 1 aromatic carbocycles. The second kappa shape index (κ2) is 4.64. The van der Waals surface area contributed by atoms with Crippen LogP contribution in [0, 0.1) is 0 Å². The van der Waals surface area contributed by atoms with Gasteiger partial charge in [0.15, 0.2) is 0 Å². The number of rotatable bonds is 3. The Balaban J connectivity index is 1.99. The summed E-state index contributed by atoms with van der Waals surface area (Å²) in [5.74, 6) is -0.971. The van der Waals surface area contributed by atoms with Crippen molar-refractivity contribution in [2.24, 2.45) is 0 Å². The summed E-state index contributed by atoms with van der Waals surface area (Å²) in [4.78, 5) is 11.9. The van der Waals surface area contributed by atoms with Gasteiger partial charge in [-0.25, -0.2) is 9.48 Å². The normalized spacial score (nSPS) is 11.0. The monoisotopic (exact) mass is 293 g/mol. The molecule has 0 fully saturated rings. The topological polar surface area (TPSA) is 68.0 Å². The molecule has 0 saturated heterocycles. The predicted molar refractivity (Wildman–Crippen MR) is 72.9 cm³/mol. The van der Waals surface area contributed by atoms with E-state index in [0.717, 1.165) is 14.7 Å². The Kier molecular flexibility index (Phi) is 2.96. The van der Waals surface area contributed by atoms with Crippen LogP contribution >= 0.6 is 22.9 Å². The van der Waals surface area contributed by atoms with Gasteiger partial charge >= 0.3 is 5.97 Å². The van der Waals surface area contributed by atoms with Gasteiger partial charge in [-0.3, -0.25) is 0 Å². The summed E-state index contributed by atoms with van der Waals surface area (Å²) in [7, 11) is 0. The molecule has 3 rings (SSSR count). The van der Waals surface area contributed by atoms with Crippen LogP contribution in [0.3, 0.4) is 0 Å². The Morgan fingerprint density at radius 2 is 2.21 bits per heavy atom. The van der Waals surface area contributed by atoms with Crippen molar-refractivity contribution >= 4 is 39.9 Å². The highest BCUT2D eigenvalue weighted by molar-refractivity contribution is 7.16. The predicted octanol–water partition coefficient (Wildman–Crippen LogP) is 2.89. The Labute approximate surface area is 117 Å². The van der Waals surface area contributed by atoms with Gasteiger partial charge in [-0.1, -0.05) is 16.8 Å². The fraction of sp³-hybridized carbons (Fsp3) is 0.0833. The molecule has 0 atom stereocenters. The van der Waals surface area contributed by atoms with E-state index >= 15 is 0 Å². The summed E-state index contributed by atoms with van der Waals surface area (Å²) in [6.07, 6.45) is 0. The van der Waals surface area contributed by atoms with E-state index in [1.807, 2.05) is 12.1 Å². The van der Waals surface area contributed by atoms with Crippen LogP contribution in [-0.4, -0.2) is 26.1 Å². The molecule has 0 bridgehead atoms. The average molecular weight is 294 g/mol. The van der Waals surface area contributed by atoms with E-state index in [1.54, 1.807) is 16.8 Å². The minimum Gasteiger partial charge on any atom is -0.478 e. The van der Waals surface area contributed by atoms with Crippen molar-refractivity contribution in [3.8, 4) is 0 Å². The number of benzene rings is 1. The number of hydrogen-bond acceptors (Lipinski definition) is 4. The SMILES string of the molecule is O=C(O)c1ccc2c(c1)nnn2Cc1ccc(Cl)s1. The molecule has 0 aliphatic carbocycles. The highest BCUT2D eigenvalue weighted by Gasteiger charge is 2.10. The third kappa shape index (κ3) is 2.32. The van der Waals surface area contributed by atoms with Gasteiger partial charge in [0, 0.05) is 4.88 Å². The molecular weight excluding hydrogens is 286 g/mol. The molecule has 1 N–H and O–H groups in total. The third-order valence-electron chi connectivity index (χ3n) is 2.70. The van der Waals surface area contributed by atoms with Crippen LogP contribution in [0.2, 0.25) is 4.34 Å². The van der Waals surface area contributed by atoms with Crippen molar-refractivity contribution in [3.05, 3.63) is 45.1 Å². The van der Waals surface area contributed by atoms with Crippen molar-refractivity contribution in [1.82, 2.24) is 15.0 Å². The van der Waals surface area contributed by atoms with Crippen molar-refractivity contribution in [2.75, 3.05) is 0 Å². The summed E-state index contributed by atoms with van der Waals surface area (Å²) in [5.41, 5.74) is 1.58. The largest absolute Gasteiger partial charge is 0.478 e. The Hall–Kier alpha value is -1.92. The number of aromatic nitrogens is 3. The number of carboxylic acids is 1. The second-order valence-corrected chi connectivity index (χ2v) is 5.76. The number of carbonyl (C=O) groups is 1. The van der Waals surface area contributed by atoms with Gasteiger partial charge in [0.25, 0.3) is 0 Å². The molecule has 0 saturated carbocycles. The van der Waals surface area contributed by atoms with Crippen molar-refractivity contribution < 1.29 is 9.90 Å². The lowest BCUT2D eigenvalue weighted by atomic mass is 10.2. The van der Waals surface area contributed by atoms with Gasteiger partial charge in [0.05, 0.1) is 22.0 Å². The maximum atomic E-state index is 10.9. The molecule has 0 unspecified atom stereocenters. The number of halogens is 1. The molecule has 19 heavy (non-hydrogen) atoms. The summed E-state index contributed by atoms with van der Waals surface area (Å²) in [5, 5.41) is 16.9.